The van der Waals surface area contributed by atoms with E-state index in [9.17, 15) is 9.18 Å². The largest absolute Gasteiger partial charge is 0.478 e. The second-order valence-electron chi connectivity index (χ2n) is 3.85. The SMILES string of the molecule is O=C(O)c1cccc(F)c1NCCc1ccc(Br)s1. The van der Waals surface area contributed by atoms with Crippen LogP contribution in [0.4, 0.5) is 10.1 Å². The summed E-state index contributed by atoms with van der Waals surface area (Å²) in [5.41, 5.74) is -0.00187. The Morgan fingerprint density at radius 2 is 2.16 bits per heavy atom. The fraction of sp³-hybridized carbons (Fsp3) is 0.154. The Hall–Kier alpha value is -1.40. The van der Waals surface area contributed by atoms with E-state index in [1.54, 1.807) is 11.3 Å². The van der Waals surface area contributed by atoms with Crippen molar-refractivity contribution in [3.05, 3.63) is 50.4 Å². The second-order valence-corrected chi connectivity index (χ2v) is 6.40. The summed E-state index contributed by atoms with van der Waals surface area (Å²) in [5, 5.41) is 11.9. The summed E-state index contributed by atoms with van der Waals surface area (Å²) < 4.78 is 14.7. The van der Waals surface area contributed by atoms with Gasteiger partial charge in [-0.05, 0) is 46.6 Å². The van der Waals surface area contributed by atoms with E-state index < -0.39 is 11.8 Å². The van der Waals surface area contributed by atoms with Gasteiger partial charge in [0.15, 0.2) is 0 Å². The van der Waals surface area contributed by atoms with Crippen molar-refractivity contribution >= 4 is 38.9 Å². The molecule has 0 aliphatic rings. The number of halogens is 2. The molecule has 2 rings (SSSR count). The molecular weight excluding hydrogens is 333 g/mol. The quantitative estimate of drug-likeness (QED) is 0.862. The molecule has 100 valence electrons. The minimum atomic E-state index is -1.14. The van der Waals surface area contributed by atoms with Crippen LogP contribution in [0.2, 0.25) is 0 Å². The highest BCUT2D eigenvalue weighted by molar-refractivity contribution is 9.11. The Bertz CT molecular complexity index is 600. The van der Waals surface area contributed by atoms with E-state index in [1.807, 2.05) is 12.1 Å². The zero-order valence-corrected chi connectivity index (χ0v) is 12.2. The number of hydrogen-bond donors (Lipinski definition) is 2. The first kappa shape index (κ1) is 14.0. The highest BCUT2D eigenvalue weighted by Gasteiger charge is 2.13. The number of nitrogens with one attached hydrogen (secondary N) is 1. The van der Waals surface area contributed by atoms with Crippen LogP contribution in [0.3, 0.4) is 0 Å². The van der Waals surface area contributed by atoms with Gasteiger partial charge in [0.1, 0.15) is 5.82 Å². The number of hydrogen-bond acceptors (Lipinski definition) is 3. The van der Waals surface area contributed by atoms with Crippen LogP contribution in [-0.4, -0.2) is 17.6 Å². The van der Waals surface area contributed by atoms with Crippen molar-refractivity contribution in [2.24, 2.45) is 0 Å². The molecule has 1 heterocycles. The Morgan fingerprint density at radius 1 is 1.37 bits per heavy atom. The van der Waals surface area contributed by atoms with E-state index in [-0.39, 0.29) is 11.3 Å². The average Bonchev–Trinajstić information content (AvgIpc) is 2.77. The molecule has 0 saturated carbocycles. The van der Waals surface area contributed by atoms with E-state index >= 15 is 0 Å². The van der Waals surface area contributed by atoms with Gasteiger partial charge >= 0.3 is 5.97 Å². The van der Waals surface area contributed by atoms with Gasteiger partial charge in [0, 0.05) is 11.4 Å². The number of benzene rings is 1. The number of para-hydroxylation sites is 1. The number of carboxylic acids is 1. The molecule has 2 N–H and O–H groups in total. The summed E-state index contributed by atoms with van der Waals surface area (Å²) in [6.07, 6.45) is 0.712. The molecule has 19 heavy (non-hydrogen) atoms. The smallest absolute Gasteiger partial charge is 0.337 e. The minimum Gasteiger partial charge on any atom is -0.478 e. The van der Waals surface area contributed by atoms with Crippen LogP contribution in [0, 0.1) is 5.82 Å². The number of aromatic carboxylic acids is 1. The van der Waals surface area contributed by atoms with Crippen LogP contribution < -0.4 is 5.32 Å². The van der Waals surface area contributed by atoms with Crippen molar-refractivity contribution in [2.75, 3.05) is 11.9 Å². The summed E-state index contributed by atoms with van der Waals surface area (Å²) in [4.78, 5) is 12.1. The Balaban J connectivity index is 2.05. The molecule has 1 aromatic carbocycles. The molecule has 0 aliphatic heterocycles. The fourth-order valence-electron chi connectivity index (χ4n) is 1.68. The van der Waals surface area contributed by atoms with Gasteiger partial charge in [-0.2, -0.15) is 0 Å². The normalized spacial score (nSPS) is 10.4. The number of carboxylic acid groups (broad SMARTS) is 1. The number of anilines is 1. The third-order valence-electron chi connectivity index (χ3n) is 2.55. The number of thiophene rings is 1. The lowest BCUT2D eigenvalue weighted by Crippen LogP contribution is -2.10. The van der Waals surface area contributed by atoms with E-state index in [0.29, 0.717) is 13.0 Å². The maximum Gasteiger partial charge on any atom is 0.337 e. The van der Waals surface area contributed by atoms with Gasteiger partial charge < -0.3 is 10.4 Å². The summed E-state index contributed by atoms with van der Waals surface area (Å²) in [5.74, 6) is -1.69. The number of rotatable bonds is 5. The van der Waals surface area contributed by atoms with Crippen molar-refractivity contribution < 1.29 is 14.3 Å². The van der Waals surface area contributed by atoms with Gasteiger partial charge in [-0.1, -0.05) is 6.07 Å². The van der Waals surface area contributed by atoms with Gasteiger partial charge in [-0.25, -0.2) is 9.18 Å². The molecule has 6 heteroatoms. The maximum atomic E-state index is 13.6. The molecule has 0 bridgehead atoms. The molecule has 0 spiro atoms. The summed E-state index contributed by atoms with van der Waals surface area (Å²) >= 11 is 4.98. The van der Waals surface area contributed by atoms with Gasteiger partial charge in [-0.3, -0.25) is 0 Å². The van der Waals surface area contributed by atoms with E-state index in [2.05, 4.69) is 21.2 Å². The Labute approximate surface area is 122 Å². The van der Waals surface area contributed by atoms with Crippen molar-refractivity contribution in [2.45, 2.75) is 6.42 Å². The molecule has 2 aromatic rings. The van der Waals surface area contributed by atoms with Gasteiger partial charge in [0.25, 0.3) is 0 Å². The topological polar surface area (TPSA) is 49.3 Å². The highest BCUT2D eigenvalue weighted by Crippen LogP contribution is 2.23. The minimum absolute atomic E-state index is 0.0469. The van der Waals surface area contributed by atoms with Gasteiger partial charge in [0.2, 0.25) is 0 Å². The first-order valence-electron chi connectivity index (χ1n) is 5.58. The predicted octanol–water partition coefficient (Wildman–Crippen LogP) is 4.00. The van der Waals surface area contributed by atoms with Crippen LogP contribution in [0.25, 0.3) is 0 Å². The monoisotopic (exact) mass is 343 g/mol. The third-order valence-corrected chi connectivity index (χ3v) is 4.23. The van der Waals surface area contributed by atoms with Crippen molar-refractivity contribution in [1.82, 2.24) is 0 Å². The summed E-state index contributed by atoms with van der Waals surface area (Å²) in [6, 6.07) is 7.95. The Kier molecular flexibility index (Phi) is 4.55. The van der Waals surface area contributed by atoms with Crippen molar-refractivity contribution in [3.63, 3.8) is 0 Å². The molecular formula is C13H11BrFNO2S. The molecule has 0 fully saturated rings. The van der Waals surface area contributed by atoms with Crippen LogP contribution in [0.1, 0.15) is 15.2 Å². The zero-order chi connectivity index (χ0) is 13.8. The lowest BCUT2D eigenvalue weighted by Gasteiger charge is -2.09. The fourth-order valence-corrected chi connectivity index (χ4v) is 3.16. The molecule has 3 nitrogen and oxygen atoms in total. The third kappa shape index (κ3) is 3.54. The molecule has 0 atom stereocenters. The molecule has 0 amide bonds. The van der Waals surface area contributed by atoms with Crippen LogP contribution in [0.15, 0.2) is 34.1 Å². The summed E-state index contributed by atoms with van der Waals surface area (Å²) in [6.45, 7) is 0.480. The Morgan fingerprint density at radius 3 is 2.79 bits per heavy atom. The van der Waals surface area contributed by atoms with Crippen molar-refractivity contribution in [1.29, 1.82) is 0 Å². The second kappa shape index (κ2) is 6.16. The van der Waals surface area contributed by atoms with E-state index in [0.717, 1.165) is 8.66 Å². The molecule has 1 aromatic heterocycles. The first-order valence-corrected chi connectivity index (χ1v) is 7.19. The highest BCUT2D eigenvalue weighted by atomic mass is 79.9. The standard InChI is InChI=1S/C13H11BrFNO2S/c14-11-5-4-8(19-11)6-7-16-12-9(13(17)18)2-1-3-10(12)15/h1-5,16H,6-7H2,(H,17,18). The molecule has 0 unspecified atom stereocenters. The zero-order valence-electron chi connectivity index (χ0n) is 9.82. The first-order chi connectivity index (χ1) is 9.08. The molecule has 0 radical (unpaired) electrons. The molecule has 0 saturated heterocycles. The van der Waals surface area contributed by atoms with Crippen LogP contribution >= 0.6 is 27.3 Å². The lowest BCUT2D eigenvalue weighted by molar-refractivity contribution is 0.0697. The van der Waals surface area contributed by atoms with Gasteiger partial charge in [0.05, 0.1) is 15.0 Å². The van der Waals surface area contributed by atoms with E-state index in [4.69, 9.17) is 5.11 Å². The van der Waals surface area contributed by atoms with Crippen molar-refractivity contribution in [3.8, 4) is 0 Å². The molecule has 0 aliphatic carbocycles. The lowest BCUT2D eigenvalue weighted by atomic mass is 10.1. The summed E-state index contributed by atoms with van der Waals surface area (Å²) in [7, 11) is 0. The predicted molar refractivity (Wildman–Crippen MR) is 77.6 cm³/mol. The maximum absolute atomic E-state index is 13.6. The van der Waals surface area contributed by atoms with Crippen LogP contribution in [-0.2, 0) is 6.42 Å². The van der Waals surface area contributed by atoms with Gasteiger partial charge in [-0.15, -0.1) is 11.3 Å². The average molecular weight is 344 g/mol. The van der Waals surface area contributed by atoms with Crippen LogP contribution in [0.5, 0.6) is 0 Å². The van der Waals surface area contributed by atoms with E-state index in [1.165, 1.54) is 18.2 Å². The number of carbonyl (C=O) groups is 1.